The summed E-state index contributed by atoms with van der Waals surface area (Å²) in [7, 11) is 4.94. The molecule has 0 saturated heterocycles. The van der Waals surface area contributed by atoms with E-state index in [0.717, 1.165) is 46.7 Å². The van der Waals surface area contributed by atoms with Gasteiger partial charge in [0.05, 0.1) is 26.9 Å². The van der Waals surface area contributed by atoms with Crippen molar-refractivity contribution in [1.29, 1.82) is 0 Å². The molecule has 172 valence electrons. The number of nitrogens with zero attached hydrogens (tertiary/aromatic N) is 1. The minimum atomic E-state index is -0.274. The molecule has 1 amide bonds. The molecule has 1 aliphatic heterocycles. The molecule has 1 N–H and O–H groups in total. The summed E-state index contributed by atoms with van der Waals surface area (Å²) in [6.45, 7) is 0.629. The Hall–Kier alpha value is -3.19. The molecule has 6 nitrogen and oxygen atoms in total. The van der Waals surface area contributed by atoms with Crippen LogP contribution in [0.1, 0.15) is 50.9 Å². The first-order valence-electron chi connectivity index (χ1n) is 11.2. The van der Waals surface area contributed by atoms with Crippen molar-refractivity contribution in [3.8, 4) is 17.2 Å². The first kappa shape index (κ1) is 21.6. The fourth-order valence-electron chi connectivity index (χ4n) is 4.77. The molecule has 1 unspecified atom stereocenters. The van der Waals surface area contributed by atoms with Gasteiger partial charge in [-0.2, -0.15) is 0 Å². The predicted molar refractivity (Wildman–Crippen MR) is 130 cm³/mol. The lowest BCUT2D eigenvalue weighted by molar-refractivity contribution is 0.0925. The van der Waals surface area contributed by atoms with E-state index in [4.69, 9.17) is 14.2 Å². The Morgan fingerprint density at radius 3 is 2.45 bits per heavy atom. The maximum absolute atomic E-state index is 13.3. The van der Waals surface area contributed by atoms with Gasteiger partial charge in [-0.25, -0.2) is 0 Å². The van der Waals surface area contributed by atoms with Crippen molar-refractivity contribution in [1.82, 2.24) is 5.32 Å². The zero-order valence-electron chi connectivity index (χ0n) is 19.1. The molecule has 33 heavy (non-hydrogen) atoms. The molecule has 0 radical (unpaired) electrons. The molecule has 2 aliphatic rings. The number of rotatable bonds is 6. The number of amides is 1. The van der Waals surface area contributed by atoms with Gasteiger partial charge in [0.2, 0.25) is 0 Å². The van der Waals surface area contributed by atoms with Gasteiger partial charge >= 0.3 is 0 Å². The highest BCUT2D eigenvalue weighted by Crippen LogP contribution is 2.46. The lowest BCUT2D eigenvalue weighted by Gasteiger charge is -2.38. The molecule has 7 heteroatoms. The summed E-state index contributed by atoms with van der Waals surface area (Å²) in [4.78, 5) is 17.0. The van der Waals surface area contributed by atoms with E-state index in [0.29, 0.717) is 18.0 Å². The monoisotopic (exact) mass is 464 g/mol. The summed E-state index contributed by atoms with van der Waals surface area (Å²) in [6.07, 6.45) is 4.08. The topological polar surface area (TPSA) is 60.0 Å². The van der Waals surface area contributed by atoms with Gasteiger partial charge < -0.3 is 24.4 Å². The number of methoxy groups -OCH3 is 3. The number of carbonyl (C=O) groups is 1. The summed E-state index contributed by atoms with van der Waals surface area (Å²) in [5.74, 6) is 2.21. The van der Waals surface area contributed by atoms with Crippen molar-refractivity contribution < 1.29 is 19.0 Å². The predicted octanol–water partition coefficient (Wildman–Crippen LogP) is 5.10. The van der Waals surface area contributed by atoms with Gasteiger partial charge in [0.15, 0.2) is 11.5 Å². The highest BCUT2D eigenvalue weighted by atomic mass is 32.1. The molecule has 3 aromatic rings. The average molecular weight is 465 g/mol. The lowest BCUT2D eigenvalue weighted by atomic mass is 9.94. The molecule has 0 saturated carbocycles. The number of nitrogens with one attached hydrogen (secondary N) is 1. The minimum absolute atomic E-state index is 0.0220. The van der Waals surface area contributed by atoms with E-state index in [1.807, 2.05) is 36.4 Å². The van der Waals surface area contributed by atoms with Gasteiger partial charge in [0.25, 0.3) is 5.91 Å². The third-order valence-corrected chi connectivity index (χ3v) is 7.78. The zero-order chi connectivity index (χ0) is 22.9. The van der Waals surface area contributed by atoms with Crippen LogP contribution in [0.25, 0.3) is 0 Å². The lowest BCUT2D eigenvalue weighted by Crippen LogP contribution is -2.45. The standard InChI is InChI=1S/C26H28N2O4S/c1-30-18-11-9-17(10-12-18)24-27-25(29)23-19-6-4-5-7-22(19)33-26(23)28(24)15-16-8-13-20(31-2)21(14-16)32-3/h8-14,24H,4-7,15H2,1-3H3,(H,27,29). The van der Waals surface area contributed by atoms with Crippen LogP contribution in [0.3, 0.4) is 0 Å². The van der Waals surface area contributed by atoms with Crippen LogP contribution in [0.2, 0.25) is 0 Å². The van der Waals surface area contributed by atoms with E-state index in [9.17, 15) is 4.79 Å². The largest absolute Gasteiger partial charge is 0.497 e. The molecule has 0 spiro atoms. The van der Waals surface area contributed by atoms with Crippen LogP contribution in [-0.4, -0.2) is 27.2 Å². The van der Waals surface area contributed by atoms with E-state index in [1.165, 1.54) is 16.9 Å². The van der Waals surface area contributed by atoms with E-state index < -0.39 is 0 Å². The minimum Gasteiger partial charge on any atom is -0.497 e. The number of ether oxygens (including phenoxy) is 3. The molecular weight excluding hydrogens is 436 g/mol. The smallest absolute Gasteiger partial charge is 0.256 e. The Morgan fingerprint density at radius 1 is 0.970 bits per heavy atom. The summed E-state index contributed by atoms with van der Waals surface area (Å²) >= 11 is 1.78. The van der Waals surface area contributed by atoms with Crippen LogP contribution in [-0.2, 0) is 19.4 Å². The highest BCUT2D eigenvalue weighted by molar-refractivity contribution is 7.16. The molecule has 5 rings (SSSR count). The highest BCUT2D eigenvalue weighted by Gasteiger charge is 2.37. The van der Waals surface area contributed by atoms with Crippen LogP contribution in [0.5, 0.6) is 17.2 Å². The van der Waals surface area contributed by atoms with E-state index in [1.54, 1.807) is 32.7 Å². The molecule has 2 aromatic carbocycles. The zero-order valence-corrected chi connectivity index (χ0v) is 20.0. The molecule has 2 heterocycles. The van der Waals surface area contributed by atoms with Crippen molar-refractivity contribution >= 4 is 22.2 Å². The summed E-state index contributed by atoms with van der Waals surface area (Å²) in [5, 5.41) is 4.34. The van der Waals surface area contributed by atoms with Crippen molar-refractivity contribution in [2.24, 2.45) is 0 Å². The van der Waals surface area contributed by atoms with Gasteiger partial charge in [0.1, 0.15) is 16.9 Å². The Kier molecular flexibility index (Phi) is 5.89. The quantitative estimate of drug-likeness (QED) is 0.550. The van der Waals surface area contributed by atoms with Crippen LogP contribution in [0.4, 0.5) is 5.00 Å². The SMILES string of the molecule is COc1ccc(C2NC(=O)c3c(sc4c3CCCC4)N2Cc2ccc(OC)c(OC)c2)cc1. The second-order valence-corrected chi connectivity index (χ2v) is 9.44. The summed E-state index contributed by atoms with van der Waals surface area (Å²) in [5.41, 5.74) is 4.20. The van der Waals surface area contributed by atoms with Crippen molar-refractivity contribution in [2.75, 3.05) is 26.2 Å². The van der Waals surface area contributed by atoms with Gasteiger partial charge in [-0.1, -0.05) is 18.2 Å². The van der Waals surface area contributed by atoms with Crippen LogP contribution < -0.4 is 24.4 Å². The fourth-order valence-corrected chi connectivity index (χ4v) is 6.18. The van der Waals surface area contributed by atoms with E-state index in [2.05, 4.69) is 16.3 Å². The Bertz CT molecular complexity index is 1170. The number of anilines is 1. The van der Waals surface area contributed by atoms with Gasteiger partial charge in [-0.15, -0.1) is 11.3 Å². The average Bonchev–Trinajstić information content (AvgIpc) is 3.26. The second-order valence-electron chi connectivity index (χ2n) is 8.36. The number of aryl methyl sites for hydroxylation is 1. The number of carbonyl (C=O) groups excluding carboxylic acids is 1. The van der Waals surface area contributed by atoms with Crippen molar-refractivity contribution in [3.63, 3.8) is 0 Å². The van der Waals surface area contributed by atoms with Crippen LogP contribution in [0, 0.1) is 0 Å². The number of benzene rings is 2. The Morgan fingerprint density at radius 2 is 1.73 bits per heavy atom. The number of thiophene rings is 1. The molecule has 1 aliphatic carbocycles. The molecule has 0 fully saturated rings. The van der Waals surface area contributed by atoms with Gasteiger partial charge in [-0.05, 0) is 66.6 Å². The Labute approximate surface area is 198 Å². The maximum atomic E-state index is 13.3. The van der Waals surface area contributed by atoms with E-state index >= 15 is 0 Å². The fraction of sp³-hybridized carbons (Fsp3) is 0.346. The molecule has 0 bridgehead atoms. The Balaban J connectivity index is 1.59. The van der Waals surface area contributed by atoms with Gasteiger partial charge in [0, 0.05) is 11.4 Å². The molecule has 1 aromatic heterocycles. The molecule has 1 atom stereocenters. The third-order valence-electron chi connectivity index (χ3n) is 6.45. The summed E-state index contributed by atoms with van der Waals surface area (Å²) < 4.78 is 16.3. The first-order valence-corrected chi connectivity index (χ1v) is 12.0. The molecular formula is C26H28N2O4S. The number of fused-ring (bicyclic) bond motifs is 3. The normalized spacial score (nSPS) is 17.1. The third kappa shape index (κ3) is 3.91. The second kappa shape index (κ2) is 8.98. The summed E-state index contributed by atoms with van der Waals surface area (Å²) in [6, 6.07) is 13.9. The number of hydrogen-bond donors (Lipinski definition) is 1. The van der Waals surface area contributed by atoms with Gasteiger partial charge in [-0.3, -0.25) is 4.79 Å². The van der Waals surface area contributed by atoms with Crippen LogP contribution >= 0.6 is 11.3 Å². The van der Waals surface area contributed by atoms with Crippen LogP contribution in [0.15, 0.2) is 42.5 Å². The van der Waals surface area contributed by atoms with E-state index in [-0.39, 0.29) is 12.1 Å². The maximum Gasteiger partial charge on any atom is 0.256 e. The van der Waals surface area contributed by atoms with Crippen molar-refractivity contribution in [3.05, 3.63) is 69.6 Å². The van der Waals surface area contributed by atoms with Crippen molar-refractivity contribution in [2.45, 2.75) is 38.4 Å². The first-order chi connectivity index (χ1) is 16.1. The number of hydrogen-bond acceptors (Lipinski definition) is 6.